The molecule has 1 N–H and O–H groups in total. The van der Waals surface area contributed by atoms with Crippen molar-refractivity contribution in [3.63, 3.8) is 0 Å². The van der Waals surface area contributed by atoms with Gasteiger partial charge in [0.25, 0.3) is 0 Å². The maximum Gasteiger partial charge on any atom is 0.0798 e. The van der Waals surface area contributed by atoms with Crippen LogP contribution in [-0.4, -0.2) is 21.3 Å². The lowest BCUT2D eigenvalue weighted by atomic mass is 10.2. The van der Waals surface area contributed by atoms with Gasteiger partial charge in [0.15, 0.2) is 0 Å². The Morgan fingerprint density at radius 1 is 1.53 bits per heavy atom. The molecule has 5 heteroatoms. The second-order valence-corrected chi connectivity index (χ2v) is 5.09. The second kappa shape index (κ2) is 5.42. The standard InChI is InChI=1S/C12H18N4S/c1-9(12-10(2)14-8-17-12)13-6-4-11-5-7-16(3)15-11/h5,7-9,13H,4,6H2,1-3H3. The second-order valence-electron chi connectivity index (χ2n) is 4.21. The van der Waals surface area contributed by atoms with Crippen LogP contribution in [0.15, 0.2) is 17.8 Å². The van der Waals surface area contributed by atoms with Crippen LogP contribution in [0.3, 0.4) is 0 Å². The highest BCUT2D eigenvalue weighted by molar-refractivity contribution is 7.09. The quantitative estimate of drug-likeness (QED) is 0.883. The van der Waals surface area contributed by atoms with Crippen molar-refractivity contribution in [3.05, 3.63) is 34.0 Å². The third kappa shape index (κ3) is 3.14. The Morgan fingerprint density at radius 3 is 2.94 bits per heavy atom. The van der Waals surface area contributed by atoms with Crippen molar-refractivity contribution in [2.75, 3.05) is 6.54 Å². The van der Waals surface area contributed by atoms with Crippen molar-refractivity contribution in [1.82, 2.24) is 20.1 Å². The van der Waals surface area contributed by atoms with Crippen molar-refractivity contribution in [2.24, 2.45) is 7.05 Å². The van der Waals surface area contributed by atoms with Crippen molar-refractivity contribution in [3.8, 4) is 0 Å². The van der Waals surface area contributed by atoms with E-state index in [1.807, 2.05) is 23.4 Å². The predicted molar refractivity (Wildman–Crippen MR) is 70.2 cm³/mol. The molecule has 92 valence electrons. The monoisotopic (exact) mass is 250 g/mol. The van der Waals surface area contributed by atoms with E-state index in [1.165, 1.54) is 4.88 Å². The minimum absolute atomic E-state index is 0.367. The summed E-state index contributed by atoms with van der Waals surface area (Å²) in [5, 5.41) is 7.86. The zero-order chi connectivity index (χ0) is 12.3. The van der Waals surface area contributed by atoms with Gasteiger partial charge in [-0.15, -0.1) is 11.3 Å². The molecule has 0 aliphatic carbocycles. The van der Waals surface area contributed by atoms with Crippen LogP contribution in [0.2, 0.25) is 0 Å². The molecule has 0 aromatic carbocycles. The molecule has 2 aromatic heterocycles. The molecule has 2 aromatic rings. The van der Waals surface area contributed by atoms with Gasteiger partial charge in [0, 0.05) is 37.1 Å². The molecule has 17 heavy (non-hydrogen) atoms. The van der Waals surface area contributed by atoms with Crippen LogP contribution in [0, 0.1) is 6.92 Å². The van der Waals surface area contributed by atoms with Crippen LogP contribution in [0.25, 0.3) is 0 Å². The Bertz CT molecular complexity index is 474. The topological polar surface area (TPSA) is 42.7 Å². The van der Waals surface area contributed by atoms with Crippen molar-refractivity contribution in [2.45, 2.75) is 26.3 Å². The molecule has 4 nitrogen and oxygen atoms in total. The third-order valence-electron chi connectivity index (χ3n) is 2.78. The minimum atomic E-state index is 0.367. The molecule has 0 bridgehead atoms. The highest BCUT2D eigenvalue weighted by Crippen LogP contribution is 2.20. The highest BCUT2D eigenvalue weighted by atomic mass is 32.1. The van der Waals surface area contributed by atoms with Gasteiger partial charge in [-0.2, -0.15) is 5.10 Å². The van der Waals surface area contributed by atoms with Gasteiger partial charge >= 0.3 is 0 Å². The van der Waals surface area contributed by atoms with E-state index < -0.39 is 0 Å². The highest BCUT2D eigenvalue weighted by Gasteiger charge is 2.10. The number of hydrogen-bond acceptors (Lipinski definition) is 4. The van der Waals surface area contributed by atoms with E-state index >= 15 is 0 Å². The molecule has 0 spiro atoms. The summed E-state index contributed by atoms with van der Waals surface area (Å²) in [4.78, 5) is 5.60. The normalized spacial score (nSPS) is 12.9. The van der Waals surface area contributed by atoms with E-state index in [9.17, 15) is 0 Å². The molecular weight excluding hydrogens is 232 g/mol. The Morgan fingerprint density at radius 2 is 2.35 bits per heavy atom. The molecule has 2 rings (SSSR count). The van der Waals surface area contributed by atoms with Gasteiger partial charge in [0.05, 0.1) is 16.9 Å². The minimum Gasteiger partial charge on any atom is -0.309 e. The summed E-state index contributed by atoms with van der Waals surface area (Å²) >= 11 is 1.71. The first-order valence-electron chi connectivity index (χ1n) is 5.78. The number of aryl methyl sites for hydroxylation is 2. The van der Waals surface area contributed by atoms with Crippen LogP contribution < -0.4 is 5.32 Å². The maximum atomic E-state index is 4.35. The zero-order valence-electron chi connectivity index (χ0n) is 10.5. The molecule has 0 saturated carbocycles. The molecule has 0 amide bonds. The van der Waals surface area contributed by atoms with Crippen molar-refractivity contribution < 1.29 is 0 Å². The largest absolute Gasteiger partial charge is 0.309 e. The Kier molecular flexibility index (Phi) is 3.91. The number of rotatable bonds is 5. The third-order valence-corrected chi connectivity index (χ3v) is 3.89. The zero-order valence-corrected chi connectivity index (χ0v) is 11.3. The van der Waals surface area contributed by atoms with Crippen LogP contribution in [-0.2, 0) is 13.5 Å². The predicted octanol–water partition coefficient (Wildman–Crippen LogP) is 2.08. The van der Waals surface area contributed by atoms with Crippen LogP contribution in [0.4, 0.5) is 0 Å². The fraction of sp³-hybridized carbons (Fsp3) is 0.500. The molecule has 0 saturated heterocycles. The van der Waals surface area contributed by atoms with Crippen LogP contribution in [0.1, 0.15) is 29.2 Å². The van der Waals surface area contributed by atoms with E-state index in [4.69, 9.17) is 0 Å². The molecule has 1 atom stereocenters. The summed E-state index contributed by atoms with van der Waals surface area (Å²) in [7, 11) is 1.94. The van der Waals surface area contributed by atoms with Gasteiger partial charge in [-0.1, -0.05) is 0 Å². The number of hydrogen-bond donors (Lipinski definition) is 1. The molecule has 0 radical (unpaired) electrons. The Labute approximate surface area is 106 Å². The van der Waals surface area contributed by atoms with E-state index in [0.717, 1.165) is 24.4 Å². The summed E-state index contributed by atoms with van der Waals surface area (Å²) in [6.45, 7) is 5.18. The first-order chi connectivity index (χ1) is 8.16. The van der Waals surface area contributed by atoms with Crippen molar-refractivity contribution in [1.29, 1.82) is 0 Å². The summed E-state index contributed by atoms with van der Waals surface area (Å²) in [5.74, 6) is 0. The van der Waals surface area contributed by atoms with Crippen LogP contribution >= 0.6 is 11.3 Å². The van der Waals surface area contributed by atoms with E-state index in [2.05, 4.69) is 35.3 Å². The molecule has 1 unspecified atom stereocenters. The average Bonchev–Trinajstić information content (AvgIpc) is 2.87. The SMILES string of the molecule is Cc1ncsc1C(C)NCCc1ccn(C)n1. The van der Waals surface area contributed by atoms with Crippen molar-refractivity contribution >= 4 is 11.3 Å². The first kappa shape index (κ1) is 12.3. The molecule has 0 aliphatic rings. The molecule has 2 heterocycles. The molecule has 0 fully saturated rings. The summed E-state index contributed by atoms with van der Waals surface area (Å²) < 4.78 is 1.84. The molecular formula is C12H18N4S. The van der Waals surface area contributed by atoms with Gasteiger partial charge in [0.2, 0.25) is 0 Å². The molecule has 0 aliphatic heterocycles. The van der Waals surface area contributed by atoms with Crippen LogP contribution in [0.5, 0.6) is 0 Å². The van der Waals surface area contributed by atoms with E-state index in [1.54, 1.807) is 11.3 Å². The maximum absolute atomic E-state index is 4.35. The van der Waals surface area contributed by atoms with Gasteiger partial charge in [-0.05, 0) is 19.9 Å². The number of thiazole rings is 1. The summed E-state index contributed by atoms with van der Waals surface area (Å²) in [5.41, 5.74) is 4.17. The average molecular weight is 250 g/mol. The first-order valence-corrected chi connectivity index (χ1v) is 6.66. The lowest BCUT2D eigenvalue weighted by molar-refractivity contribution is 0.575. The van der Waals surface area contributed by atoms with E-state index in [-0.39, 0.29) is 0 Å². The Balaban J connectivity index is 1.81. The smallest absolute Gasteiger partial charge is 0.0798 e. The van der Waals surface area contributed by atoms with Gasteiger partial charge < -0.3 is 5.32 Å². The lowest BCUT2D eigenvalue weighted by Gasteiger charge is -2.11. The number of nitrogens with zero attached hydrogens (tertiary/aromatic N) is 3. The summed E-state index contributed by atoms with van der Waals surface area (Å²) in [6.07, 6.45) is 2.94. The van der Waals surface area contributed by atoms with Gasteiger partial charge in [-0.3, -0.25) is 4.68 Å². The number of aromatic nitrogens is 3. The van der Waals surface area contributed by atoms with Gasteiger partial charge in [0.1, 0.15) is 0 Å². The van der Waals surface area contributed by atoms with Gasteiger partial charge in [-0.25, -0.2) is 4.98 Å². The fourth-order valence-corrected chi connectivity index (χ4v) is 2.67. The number of nitrogens with one attached hydrogen (secondary N) is 1. The summed E-state index contributed by atoms with van der Waals surface area (Å²) in [6, 6.07) is 2.43. The fourth-order valence-electron chi connectivity index (χ4n) is 1.83. The Hall–Kier alpha value is -1.20. The lowest BCUT2D eigenvalue weighted by Crippen LogP contribution is -2.21. The van der Waals surface area contributed by atoms with E-state index in [0.29, 0.717) is 6.04 Å².